The first kappa shape index (κ1) is 17.1. The zero-order valence-corrected chi connectivity index (χ0v) is 14.7. The lowest BCUT2D eigenvalue weighted by Gasteiger charge is -2.12. The Balaban J connectivity index is 1.76. The average Bonchev–Trinajstić information content (AvgIpc) is 3.35. The van der Waals surface area contributed by atoms with Gasteiger partial charge in [0.05, 0.1) is 13.7 Å². The SMILES string of the molecule is COc1ccc(-c2nc(C(=O)N3CC[C@H](F)C3)cn2-c2ccccn2)cn1. The van der Waals surface area contributed by atoms with Crippen LogP contribution in [0.3, 0.4) is 0 Å². The second-order valence-corrected chi connectivity index (χ2v) is 6.23. The standard InChI is InChI=1S/C19H18FN5O2/c1-27-17-6-5-13(10-22-17)18-23-15(19(26)24-9-7-14(20)11-24)12-25(18)16-4-2-3-8-21-16/h2-6,8,10,12,14H,7,9,11H2,1H3/t14-/m0/s1. The van der Waals surface area contributed by atoms with E-state index in [9.17, 15) is 9.18 Å². The predicted molar refractivity (Wildman–Crippen MR) is 96.6 cm³/mol. The number of amides is 1. The number of aromatic nitrogens is 4. The van der Waals surface area contributed by atoms with E-state index in [4.69, 9.17) is 4.74 Å². The molecule has 1 atom stereocenters. The van der Waals surface area contributed by atoms with Gasteiger partial charge in [-0.3, -0.25) is 9.36 Å². The van der Waals surface area contributed by atoms with E-state index < -0.39 is 6.17 Å². The molecule has 0 aromatic carbocycles. The van der Waals surface area contributed by atoms with Gasteiger partial charge < -0.3 is 9.64 Å². The number of halogens is 1. The quantitative estimate of drug-likeness (QED) is 0.708. The fourth-order valence-corrected chi connectivity index (χ4v) is 3.06. The second kappa shape index (κ2) is 7.14. The number of methoxy groups -OCH3 is 1. The maximum Gasteiger partial charge on any atom is 0.274 e. The Labute approximate surface area is 155 Å². The number of carbonyl (C=O) groups is 1. The molecule has 0 saturated carbocycles. The van der Waals surface area contributed by atoms with Gasteiger partial charge in [-0.2, -0.15) is 0 Å². The van der Waals surface area contributed by atoms with Gasteiger partial charge in [-0.15, -0.1) is 0 Å². The number of ether oxygens (including phenoxy) is 1. The van der Waals surface area contributed by atoms with Gasteiger partial charge in [0, 0.05) is 36.8 Å². The Kier molecular flexibility index (Phi) is 4.53. The Morgan fingerprint density at radius 2 is 2.15 bits per heavy atom. The lowest BCUT2D eigenvalue weighted by atomic mass is 10.2. The summed E-state index contributed by atoms with van der Waals surface area (Å²) in [4.78, 5) is 27.3. The van der Waals surface area contributed by atoms with Crippen molar-refractivity contribution in [3.8, 4) is 23.1 Å². The summed E-state index contributed by atoms with van der Waals surface area (Å²) >= 11 is 0. The van der Waals surface area contributed by atoms with Crippen LogP contribution in [-0.4, -0.2) is 56.7 Å². The summed E-state index contributed by atoms with van der Waals surface area (Å²) in [5, 5.41) is 0. The molecule has 1 fully saturated rings. The lowest BCUT2D eigenvalue weighted by Crippen LogP contribution is -2.29. The van der Waals surface area contributed by atoms with E-state index in [0.29, 0.717) is 36.1 Å². The minimum Gasteiger partial charge on any atom is -0.481 e. The highest BCUT2D eigenvalue weighted by atomic mass is 19.1. The molecule has 7 nitrogen and oxygen atoms in total. The molecule has 0 spiro atoms. The molecule has 3 aromatic heterocycles. The molecule has 1 amide bonds. The molecule has 1 aliphatic heterocycles. The van der Waals surface area contributed by atoms with E-state index in [0.717, 1.165) is 0 Å². The largest absolute Gasteiger partial charge is 0.481 e. The maximum atomic E-state index is 13.5. The highest BCUT2D eigenvalue weighted by Gasteiger charge is 2.29. The van der Waals surface area contributed by atoms with Gasteiger partial charge in [-0.25, -0.2) is 19.3 Å². The summed E-state index contributed by atoms with van der Waals surface area (Å²) in [7, 11) is 1.54. The van der Waals surface area contributed by atoms with Crippen LogP contribution in [0.5, 0.6) is 5.88 Å². The number of rotatable bonds is 4. The van der Waals surface area contributed by atoms with Crippen molar-refractivity contribution >= 4 is 5.91 Å². The third kappa shape index (κ3) is 3.38. The number of nitrogens with zero attached hydrogens (tertiary/aromatic N) is 5. The van der Waals surface area contributed by atoms with E-state index >= 15 is 0 Å². The van der Waals surface area contributed by atoms with Crippen molar-refractivity contribution in [2.24, 2.45) is 0 Å². The van der Waals surface area contributed by atoms with E-state index in [2.05, 4.69) is 15.0 Å². The third-order valence-electron chi connectivity index (χ3n) is 4.44. The Hall–Kier alpha value is -3.29. The van der Waals surface area contributed by atoms with Crippen LogP contribution >= 0.6 is 0 Å². The van der Waals surface area contributed by atoms with Crippen molar-refractivity contribution in [1.82, 2.24) is 24.4 Å². The molecule has 1 aliphatic rings. The molecule has 0 bridgehead atoms. The van der Waals surface area contributed by atoms with Gasteiger partial charge in [0.1, 0.15) is 23.5 Å². The molecule has 138 valence electrons. The molecule has 3 aromatic rings. The number of hydrogen-bond donors (Lipinski definition) is 0. The number of carbonyl (C=O) groups excluding carboxylic acids is 1. The first-order chi connectivity index (χ1) is 13.2. The number of likely N-dealkylation sites (tertiary alicyclic amines) is 1. The first-order valence-corrected chi connectivity index (χ1v) is 8.60. The van der Waals surface area contributed by atoms with Gasteiger partial charge >= 0.3 is 0 Å². The fraction of sp³-hybridized carbons (Fsp3) is 0.263. The van der Waals surface area contributed by atoms with Crippen molar-refractivity contribution in [3.05, 3.63) is 54.6 Å². The minimum atomic E-state index is -0.975. The monoisotopic (exact) mass is 367 g/mol. The number of imidazole rings is 1. The maximum absolute atomic E-state index is 13.5. The van der Waals surface area contributed by atoms with Crippen LogP contribution in [0, 0.1) is 0 Å². The Morgan fingerprint density at radius 1 is 1.26 bits per heavy atom. The fourth-order valence-electron chi connectivity index (χ4n) is 3.06. The van der Waals surface area contributed by atoms with Crippen LogP contribution in [0.15, 0.2) is 48.9 Å². The van der Waals surface area contributed by atoms with E-state index in [-0.39, 0.29) is 18.1 Å². The van der Waals surface area contributed by atoms with Crippen LogP contribution in [0.1, 0.15) is 16.9 Å². The average molecular weight is 367 g/mol. The summed E-state index contributed by atoms with van der Waals surface area (Å²) in [6.45, 7) is 0.505. The Morgan fingerprint density at radius 3 is 2.78 bits per heavy atom. The number of alkyl halides is 1. The van der Waals surface area contributed by atoms with Gasteiger partial charge in [-0.05, 0) is 24.6 Å². The number of pyridine rings is 2. The molecule has 4 rings (SSSR count). The summed E-state index contributed by atoms with van der Waals surface area (Å²) in [6, 6.07) is 9.03. The molecular formula is C19H18FN5O2. The van der Waals surface area contributed by atoms with Gasteiger partial charge in [0.2, 0.25) is 5.88 Å². The van der Waals surface area contributed by atoms with Crippen LogP contribution in [0.4, 0.5) is 4.39 Å². The van der Waals surface area contributed by atoms with Crippen molar-refractivity contribution < 1.29 is 13.9 Å². The van der Waals surface area contributed by atoms with E-state index in [1.54, 1.807) is 36.3 Å². The molecule has 4 heterocycles. The van der Waals surface area contributed by atoms with E-state index in [1.807, 2.05) is 24.3 Å². The smallest absolute Gasteiger partial charge is 0.274 e. The zero-order valence-electron chi connectivity index (χ0n) is 14.7. The lowest BCUT2D eigenvalue weighted by molar-refractivity contribution is 0.0777. The van der Waals surface area contributed by atoms with Crippen LogP contribution in [0.25, 0.3) is 17.2 Å². The molecule has 0 N–H and O–H groups in total. The summed E-state index contributed by atoms with van der Waals surface area (Å²) in [5.74, 6) is 1.35. The first-order valence-electron chi connectivity index (χ1n) is 8.60. The van der Waals surface area contributed by atoms with Crippen molar-refractivity contribution in [1.29, 1.82) is 0 Å². The molecule has 8 heteroatoms. The molecule has 0 unspecified atom stereocenters. The van der Waals surface area contributed by atoms with Crippen LogP contribution in [0.2, 0.25) is 0 Å². The highest BCUT2D eigenvalue weighted by Crippen LogP contribution is 2.24. The summed E-state index contributed by atoms with van der Waals surface area (Å²) in [5.41, 5.74) is 0.964. The van der Waals surface area contributed by atoms with Crippen molar-refractivity contribution in [2.75, 3.05) is 20.2 Å². The molecule has 0 aliphatic carbocycles. The van der Waals surface area contributed by atoms with Gasteiger partial charge in [0.25, 0.3) is 5.91 Å². The van der Waals surface area contributed by atoms with Gasteiger partial charge in [-0.1, -0.05) is 6.07 Å². The third-order valence-corrected chi connectivity index (χ3v) is 4.44. The molecule has 0 radical (unpaired) electrons. The van der Waals surface area contributed by atoms with Gasteiger partial charge in [0.15, 0.2) is 0 Å². The normalized spacial score (nSPS) is 16.5. The topological polar surface area (TPSA) is 73.1 Å². The van der Waals surface area contributed by atoms with Crippen LogP contribution < -0.4 is 4.74 Å². The van der Waals surface area contributed by atoms with Crippen LogP contribution in [-0.2, 0) is 0 Å². The zero-order chi connectivity index (χ0) is 18.8. The molecule has 27 heavy (non-hydrogen) atoms. The summed E-state index contributed by atoms with van der Waals surface area (Å²) < 4.78 is 20.3. The second-order valence-electron chi connectivity index (χ2n) is 6.23. The molecule has 1 saturated heterocycles. The molecular weight excluding hydrogens is 349 g/mol. The van der Waals surface area contributed by atoms with E-state index in [1.165, 1.54) is 4.90 Å². The number of hydrogen-bond acceptors (Lipinski definition) is 5. The Bertz CT molecular complexity index is 942. The van der Waals surface area contributed by atoms with Crippen molar-refractivity contribution in [3.63, 3.8) is 0 Å². The summed E-state index contributed by atoms with van der Waals surface area (Å²) in [6.07, 6.45) is 4.32. The minimum absolute atomic E-state index is 0.106. The highest BCUT2D eigenvalue weighted by molar-refractivity contribution is 5.93. The van der Waals surface area contributed by atoms with Crippen molar-refractivity contribution in [2.45, 2.75) is 12.6 Å². The predicted octanol–water partition coefficient (Wildman–Crippen LogP) is 2.52.